The van der Waals surface area contributed by atoms with Crippen molar-refractivity contribution in [2.24, 2.45) is 0 Å². The summed E-state index contributed by atoms with van der Waals surface area (Å²) >= 11 is 0. The normalized spacial score (nSPS) is 17.2. The third kappa shape index (κ3) is 10.8. The van der Waals surface area contributed by atoms with Crippen LogP contribution in [-0.4, -0.2) is 42.4 Å². The predicted molar refractivity (Wildman–Crippen MR) is 348 cm³/mol. The molecule has 12 aromatic carbocycles. The molecular weight excluding hydrogens is 1080 g/mol. The van der Waals surface area contributed by atoms with Crippen LogP contribution >= 0.6 is 0 Å². The van der Waals surface area contributed by atoms with Gasteiger partial charge in [-0.05, 0) is 66.8 Å². The number of aliphatic hydroxyl groups excluding tert-OH is 1. The fraction of sp³-hybridized carbons (Fsp3) is 0.122. The molecule has 0 bridgehead atoms. The zero-order valence-corrected chi connectivity index (χ0v) is 48.7. The van der Waals surface area contributed by atoms with Crippen LogP contribution in [-0.2, 0) is 46.1 Å². The van der Waals surface area contributed by atoms with Gasteiger partial charge in [0.2, 0.25) is 0 Å². The van der Waals surface area contributed by atoms with Crippen LogP contribution in [0.5, 0.6) is 0 Å². The second kappa shape index (κ2) is 26.2. The molecule has 1 saturated heterocycles. The molecule has 1 aliphatic rings. The molecule has 0 saturated carbocycles. The first-order valence-electron chi connectivity index (χ1n) is 30.2. The zero-order chi connectivity index (χ0) is 59.5. The summed E-state index contributed by atoms with van der Waals surface area (Å²) in [6.07, 6.45) is -6.24. The SMILES string of the molecule is OC[C@H]1O[C@H](OC(c2ccccc2)(c2ccccc2)c2ccccc2)[C@H](OC(c2ccccc2)(c2ccccc2)c2ccccc2)[C@@H](OC(c2ccccc2)(c2ccccc2)c2ccccc2)[C@@H]1OC(c1ccccc1)(c1ccccc1)c1ccccc1. The average Bonchev–Trinajstić information content (AvgIpc) is 0.899. The Bertz CT molecular complexity index is 3660. The molecule has 5 atom stereocenters. The van der Waals surface area contributed by atoms with E-state index >= 15 is 0 Å². The zero-order valence-electron chi connectivity index (χ0n) is 48.7. The molecule has 1 heterocycles. The second-order valence-corrected chi connectivity index (χ2v) is 22.2. The summed E-state index contributed by atoms with van der Waals surface area (Å²) in [6.45, 7) is -0.517. The molecule has 6 nitrogen and oxygen atoms in total. The molecule has 0 aliphatic carbocycles. The molecule has 6 heteroatoms. The minimum absolute atomic E-state index is 0.517. The van der Waals surface area contributed by atoms with Gasteiger partial charge in [-0.3, -0.25) is 0 Å². The number of benzene rings is 12. The molecule has 0 radical (unpaired) electrons. The van der Waals surface area contributed by atoms with E-state index in [0.717, 1.165) is 66.8 Å². The minimum atomic E-state index is -1.42. The van der Waals surface area contributed by atoms with E-state index in [1.807, 2.05) is 146 Å². The summed E-state index contributed by atoms with van der Waals surface area (Å²) in [5.74, 6) is 0. The van der Waals surface area contributed by atoms with Crippen molar-refractivity contribution in [1.82, 2.24) is 0 Å². The minimum Gasteiger partial charge on any atom is -0.394 e. The molecule has 0 unspecified atom stereocenters. The lowest BCUT2D eigenvalue weighted by Gasteiger charge is -2.54. The Labute approximate surface area is 516 Å². The summed E-state index contributed by atoms with van der Waals surface area (Å²) in [5, 5.41) is 12.7. The maximum atomic E-state index is 12.7. The molecule has 0 aromatic heterocycles. The van der Waals surface area contributed by atoms with Crippen molar-refractivity contribution in [3.05, 3.63) is 431 Å². The lowest BCUT2D eigenvalue weighted by molar-refractivity contribution is -0.360. The summed E-state index contributed by atoms with van der Waals surface area (Å²) in [5.41, 5.74) is 4.56. The Balaban J connectivity index is 1.17. The van der Waals surface area contributed by atoms with Gasteiger partial charge in [-0.1, -0.05) is 364 Å². The molecule has 1 fully saturated rings. The summed E-state index contributed by atoms with van der Waals surface area (Å²) in [7, 11) is 0. The molecule has 12 aromatic rings. The maximum Gasteiger partial charge on any atom is 0.189 e. The molecular formula is C82H68O6. The van der Waals surface area contributed by atoms with Crippen molar-refractivity contribution in [3.63, 3.8) is 0 Å². The van der Waals surface area contributed by atoms with Crippen molar-refractivity contribution in [2.75, 3.05) is 6.61 Å². The van der Waals surface area contributed by atoms with E-state index in [4.69, 9.17) is 23.7 Å². The van der Waals surface area contributed by atoms with Gasteiger partial charge >= 0.3 is 0 Å². The fourth-order valence-electron chi connectivity index (χ4n) is 13.2. The third-order valence-electron chi connectivity index (χ3n) is 17.2. The van der Waals surface area contributed by atoms with Gasteiger partial charge < -0.3 is 28.8 Å². The number of aliphatic hydroxyl groups is 1. The van der Waals surface area contributed by atoms with Gasteiger partial charge in [0.1, 0.15) is 46.8 Å². The first-order chi connectivity index (χ1) is 43.6. The highest BCUT2D eigenvalue weighted by Crippen LogP contribution is 2.53. The van der Waals surface area contributed by atoms with Crippen LogP contribution in [0.4, 0.5) is 0 Å². The number of ether oxygens (including phenoxy) is 5. The highest BCUT2D eigenvalue weighted by atomic mass is 16.7. The van der Waals surface area contributed by atoms with E-state index in [9.17, 15) is 5.11 Å². The van der Waals surface area contributed by atoms with Gasteiger partial charge in [0.05, 0.1) is 6.61 Å². The fourth-order valence-corrected chi connectivity index (χ4v) is 13.2. The van der Waals surface area contributed by atoms with Crippen LogP contribution in [0.15, 0.2) is 364 Å². The first kappa shape index (κ1) is 57.5. The Morgan fingerprint density at radius 3 is 0.557 bits per heavy atom. The number of rotatable bonds is 21. The van der Waals surface area contributed by atoms with Crippen LogP contribution in [0.1, 0.15) is 66.8 Å². The highest BCUT2D eigenvalue weighted by Gasteiger charge is 2.60. The van der Waals surface area contributed by atoms with Crippen LogP contribution < -0.4 is 0 Å². The summed E-state index contributed by atoms with van der Waals surface area (Å²) in [6, 6.07) is 124. The van der Waals surface area contributed by atoms with Crippen LogP contribution in [0.2, 0.25) is 0 Å². The number of hydrogen-bond acceptors (Lipinski definition) is 6. The van der Waals surface area contributed by atoms with E-state index in [0.29, 0.717) is 0 Å². The second-order valence-electron chi connectivity index (χ2n) is 22.2. The molecule has 432 valence electrons. The summed E-state index contributed by atoms with van der Waals surface area (Å²) < 4.78 is 42.1. The van der Waals surface area contributed by atoms with E-state index < -0.39 is 59.7 Å². The Kier molecular flexibility index (Phi) is 17.1. The molecule has 0 amide bonds. The third-order valence-corrected chi connectivity index (χ3v) is 17.2. The number of hydrogen-bond donors (Lipinski definition) is 1. The average molecular weight is 1150 g/mol. The van der Waals surface area contributed by atoms with Crippen LogP contribution in [0.25, 0.3) is 0 Å². The van der Waals surface area contributed by atoms with Crippen molar-refractivity contribution < 1.29 is 28.8 Å². The standard InChI is InChI=1S/C82H68O6/c83-61-74-75(85-79(62-37-13-1-14-38-62,63-39-15-2-16-40-63)64-41-17-3-18-42-64)76(86-80(65-43-19-4-20-44-65,66-45-21-5-22-46-66)67-47-23-6-24-48-67)77(87-81(68-49-25-7-26-50-68,69-51-27-8-28-52-69)70-53-29-9-30-54-70)78(84-74)88-82(71-55-31-10-32-56-71,72-57-33-11-34-58-72)73-59-35-12-36-60-73/h1-60,74-78,83H,61H2/t74-,75-,76+,77-,78-/m1/s1. The molecule has 0 spiro atoms. The highest BCUT2D eigenvalue weighted by molar-refractivity contribution is 5.53. The van der Waals surface area contributed by atoms with Gasteiger partial charge in [-0.2, -0.15) is 0 Å². The topological polar surface area (TPSA) is 66.4 Å². The van der Waals surface area contributed by atoms with Gasteiger partial charge in [-0.25, -0.2) is 0 Å². The molecule has 1 N–H and O–H groups in total. The van der Waals surface area contributed by atoms with E-state index in [2.05, 4.69) is 218 Å². The molecule has 88 heavy (non-hydrogen) atoms. The Hall–Kier alpha value is -9.60. The smallest absolute Gasteiger partial charge is 0.189 e. The van der Waals surface area contributed by atoms with Gasteiger partial charge in [0, 0.05) is 0 Å². The lowest BCUT2D eigenvalue weighted by atomic mass is 9.77. The van der Waals surface area contributed by atoms with Gasteiger partial charge in [-0.15, -0.1) is 0 Å². The monoisotopic (exact) mass is 1150 g/mol. The van der Waals surface area contributed by atoms with Gasteiger partial charge in [0.15, 0.2) is 6.29 Å². The van der Waals surface area contributed by atoms with Gasteiger partial charge in [0.25, 0.3) is 0 Å². The van der Waals surface area contributed by atoms with Crippen LogP contribution in [0.3, 0.4) is 0 Å². The maximum absolute atomic E-state index is 12.7. The van der Waals surface area contributed by atoms with Crippen molar-refractivity contribution >= 4 is 0 Å². The van der Waals surface area contributed by atoms with Crippen molar-refractivity contribution in [3.8, 4) is 0 Å². The largest absolute Gasteiger partial charge is 0.394 e. The first-order valence-corrected chi connectivity index (χ1v) is 30.2. The van der Waals surface area contributed by atoms with E-state index in [1.165, 1.54) is 0 Å². The van der Waals surface area contributed by atoms with E-state index in [-0.39, 0.29) is 0 Å². The quantitative estimate of drug-likeness (QED) is 0.0723. The van der Waals surface area contributed by atoms with E-state index in [1.54, 1.807) is 0 Å². The Morgan fingerprint density at radius 1 is 0.216 bits per heavy atom. The van der Waals surface area contributed by atoms with Crippen molar-refractivity contribution in [1.29, 1.82) is 0 Å². The summed E-state index contributed by atoms with van der Waals surface area (Å²) in [4.78, 5) is 0. The van der Waals surface area contributed by atoms with Crippen LogP contribution in [0, 0.1) is 0 Å². The predicted octanol–water partition coefficient (Wildman–Crippen LogP) is 16.8. The lowest BCUT2D eigenvalue weighted by Crippen LogP contribution is -2.66. The molecule has 1 aliphatic heterocycles. The molecule has 13 rings (SSSR count). The van der Waals surface area contributed by atoms with Crippen molar-refractivity contribution in [2.45, 2.75) is 53.1 Å². The Morgan fingerprint density at radius 2 is 0.375 bits per heavy atom.